The Hall–Kier alpha value is -1.25. The predicted molar refractivity (Wildman–Crippen MR) is 156 cm³/mol. The molecule has 0 saturated carbocycles. The summed E-state index contributed by atoms with van der Waals surface area (Å²) < 4.78 is 6.44. The van der Waals surface area contributed by atoms with E-state index in [0.29, 0.717) is 0 Å². The molecule has 0 fully saturated rings. The number of rotatable bonds is 10. The van der Waals surface area contributed by atoms with Crippen molar-refractivity contribution in [1.82, 2.24) is 0 Å². The second-order valence-corrected chi connectivity index (χ2v) is 24.5. The van der Waals surface area contributed by atoms with Crippen LogP contribution in [0.5, 0.6) is 0 Å². The molecule has 0 radical (unpaired) electrons. The van der Waals surface area contributed by atoms with E-state index in [9.17, 15) is 0 Å². The molecule has 0 bridgehead atoms. The van der Waals surface area contributed by atoms with Gasteiger partial charge in [0.15, 0.2) is 0 Å². The van der Waals surface area contributed by atoms with Gasteiger partial charge in [0.05, 0.1) is 0 Å². The van der Waals surface area contributed by atoms with Crippen LogP contribution in [0.1, 0.15) is 40.0 Å². The van der Waals surface area contributed by atoms with Crippen molar-refractivity contribution >= 4 is 45.0 Å². The fourth-order valence-corrected chi connectivity index (χ4v) is 13.1. The van der Waals surface area contributed by atoms with Gasteiger partial charge in [-0.2, -0.15) is 0 Å². The Morgan fingerprint density at radius 2 is 1.06 bits per heavy atom. The van der Waals surface area contributed by atoms with Gasteiger partial charge < -0.3 is 0 Å². The first-order valence-electron chi connectivity index (χ1n) is 12.1. The number of benzene rings is 3. The van der Waals surface area contributed by atoms with Gasteiger partial charge in [0.2, 0.25) is 0 Å². The Morgan fingerprint density at radius 1 is 0.667 bits per heavy atom. The van der Waals surface area contributed by atoms with Crippen LogP contribution < -0.4 is 15.9 Å². The van der Waals surface area contributed by atoms with Crippen LogP contribution >= 0.6 is 20.8 Å². The van der Waals surface area contributed by atoms with Crippen molar-refractivity contribution in [2.45, 2.75) is 58.2 Å². The van der Waals surface area contributed by atoms with Crippen LogP contribution in [-0.4, -0.2) is 21.1 Å². The molecule has 1 nitrogen and oxygen atoms in total. The molecule has 0 saturated heterocycles. The monoisotopic (exact) mass is 542 g/mol. The van der Waals surface area contributed by atoms with Crippen LogP contribution in [0.25, 0.3) is 0 Å². The average Bonchev–Trinajstić information content (AvgIpc) is 2.82. The van der Waals surface area contributed by atoms with Crippen molar-refractivity contribution in [3.8, 4) is 0 Å². The summed E-state index contributed by atoms with van der Waals surface area (Å²) in [6.07, 6.45) is 4.54. The molecule has 178 valence electrons. The van der Waals surface area contributed by atoms with Crippen LogP contribution in [0.3, 0.4) is 0 Å². The van der Waals surface area contributed by atoms with E-state index < -0.39 is 13.6 Å². The third-order valence-corrected chi connectivity index (χ3v) is 21.9. The SMILES string of the molecule is CC(C)(C)[Si](C)(C)OCCCCCP(Br)(c1ccccc1)(c1ccccc1)c1ccccc1. The van der Waals surface area contributed by atoms with E-state index in [0.717, 1.165) is 25.6 Å². The van der Waals surface area contributed by atoms with Crippen molar-refractivity contribution in [3.63, 3.8) is 0 Å². The summed E-state index contributed by atoms with van der Waals surface area (Å²) in [7, 11) is -1.68. The van der Waals surface area contributed by atoms with Gasteiger partial charge in [-0.15, -0.1) is 0 Å². The van der Waals surface area contributed by atoms with Crippen molar-refractivity contribution in [3.05, 3.63) is 91.0 Å². The van der Waals surface area contributed by atoms with Crippen LogP contribution in [0.2, 0.25) is 18.1 Å². The Kier molecular flexibility index (Phi) is 8.44. The third-order valence-electron chi connectivity index (χ3n) is 7.38. The van der Waals surface area contributed by atoms with Gasteiger partial charge >= 0.3 is 211 Å². The van der Waals surface area contributed by atoms with Crippen LogP contribution in [0.15, 0.2) is 91.0 Å². The van der Waals surface area contributed by atoms with Crippen molar-refractivity contribution < 1.29 is 4.43 Å². The van der Waals surface area contributed by atoms with Crippen LogP contribution in [0.4, 0.5) is 0 Å². The molecule has 3 aromatic rings. The molecule has 0 N–H and O–H groups in total. The Balaban J connectivity index is 1.88. The fraction of sp³-hybridized carbons (Fsp3) is 0.379. The number of hydrogen-bond acceptors (Lipinski definition) is 1. The minimum atomic E-state index is -2.78. The van der Waals surface area contributed by atoms with E-state index in [4.69, 9.17) is 4.43 Å². The zero-order valence-corrected chi connectivity index (χ0v) is 24.4. The molecule has 0 aliphatic heterocycles. The number of halogens is 1. The maximum absolute atomic E-state index is 6.44. The summed E-state index contributed by atoms with van der Waals surface area (Å²) in [5.41, 5.74) is 0. The van der Waals surface area contributed by atoms with Gasteiger partial charge in [-0.25, -0.2) is 0 Å². The molecular weight excluding hydrogens is 503 g/mol. The minimum absolute atomic E-state index is 0.266. The number of unbranched alkanes of at least 4 members (excludes halogenated alkanes) is 2. The molecule has 0 unspecified atom stereocenters. The third kappa shape index (κ3) is 5.54. The van der Waals surface area contributed by atoms with Gasteiger partial charge in [-0.05, 0) is 0 Å². The average molecular weight is 544 g/mol. The van der Waals surface area contributed by atoms with E-state index in [1.54, 1.807) is 0 Å². The predicted octanol–water partition coefficient (Wildman–Crippen LogP) is 8.02. The number of hydrogen-bond donors (Lipinski definition) is 0. The molecule has 33 heavy (non-hydrogen) atoms. The van der Waals surface area contributed by atoms with E-state index in [-0.39, 0.29) is 5.04 Å². The molecule has 0 atom stereocenters. The summed E-state index contributed by atoms with van der Waals surface area (Å²) in [5, 5.41) is 1.69. The second-order valence-electron chi connectivity index (χ2n) is 10.6. The molecular formula is C29H40BrOPSi. The Morgan fingerprint density at radius 3 is 1.42 bits per heavy atom. The summed E-state index contributed by atoms with van der Waals surface area (Å²) in [5.74, 6) is 0. The van der Waals surface area contributed by atoms with Gasteiger partial charge in [0.25, 0.3) is 0 Å². The van der Waals surface area contributed by atoms with Gasteiger partial charge in [-0.1, -0.05) is 0 Å². The normalized spacial score (nSPS) is 13.9. The Bertz CT molecular complexity index is 901. The quantitative estimate of drug-likeness (QED) is 0.143. The van der Waals surface area contributed by atoms with E-state index in [1.807, 2.05) is 0 Å². The van der Waals surface area contributed by atoms with Crippen molar-refractivity contribution in [1.29, 1.82) is 0 Å². The summed E-state index contributed by atoms with van der Waals surface area (Å²) >= 11 is 4.55. The van der Waals surface area contributed by atoms with E-state index in [1.165, 1.54) is 22.3 Å². The summed E-state index contributed by atoms with van der Waals surface area (Å²) in [6, 6.07) is 33.3. The molecule has 0 heterocycles. The van der Waals surface area contributed by atoms with Crippen LogP contribution in [-0.2, 0) is 4.43 Å². The molecule has 0 spiro atoms. The second kappa shape index (κ2) is 10.6. The first-order valence-corrected chi connectivity index (χ1v) is 19.5. The maximum atomic E-state index is 6.44. The summed E-state index contributed by atoms with van der Waals surface area (Å²) in [6.45, 7) is 12.5. The zero-order valence-electron chi connectivity index (χ0n) is 20.9. The van der Waals surface area contributed by atoms with E-state index in [2.05, 4.69) is 140 Å². The first-order chi connectivity index (χ1) is 15.6. The molecule has 4 heteroatoms. The molecule has 0 aromatic heterocycles. The molecule has 0 aliphatic rings. The van der Waals surface area contributed by atoms with Crippen LogP contribution in [0, 0.1) is 0 Å². The van der Waals surface area contributed by atoms with Gasteiger partial charge in [0.1, 0.15) is 0 Å². The fourth-order valence-electron chi connectivity index (χ4n) is 4.28. The first kappa shape index (κ1) is 26.4. The Labute approximate surface area is 210 Å². The standard InChI is InChI=1S/C29H40BrOPSi/c1-29(2,3)33(4,5)31-24-16-9-17-25-32(30,26-18-10-6-11-19-26,27-20-12-7-13-21-27)28-22-14-8-15-23-28/h6-8,10-15,18-23H,9,16-17,24-25H2,1-5H3. The van der Waals surface area contributed by atoms with Crippen molar-refractivity contribution in [2.24, 2.45) is 0 Å². The summed E-state index contributed by atoms with van der Waals surface area (Å²) in [4.78, 5) is 0. The molecule has 3 rings (SSSR count). The van der Waals surface area contributed by atoms with Gasteiger partial charge in [0, 0.05) is 0 Å². The molecule has 0 aliphatic carbocycles. The molecule has 3 aromatic carbocycles. The van der Waals surface area contributed by atoms with Gasteiger partial charge in [-0.3, -0.25) is 0 Å². The molecule has 0 amide bonds. The van der Waals surface area contributed by atoms with Crippen molar-refractivity contribution in [2.75, 3.05) is 12.8 Å². The van der Waals surface area contributed by atoms with E-state index >= 15 is 0 Å². The zero-order chi connectivity index (χ0) is 24.0. The topological polar surface area (TPSA) is 9.23 Å².